The Bertz CT molecular complexity index is 219. The average Bonchev–Trinajstić information content (AvgIpc) is 2.29. The number of hydrogen-bond donors (Lipinski definition) is 1. The largest absolute Gasteiger partial charge is 0.480 e. The van der Waals surface area contributed by atoms with Crippen LogP contribution in [0.15, 0.2) is 0 Å². The molecule has 1 N–H and O–H groups in total. The summed E-state index contributed by atoms with van der Waals surface area (Å²) in [7, 11) is 1.61. The maximum atomic E-state index is 10.3. The van der Waals surface area contributed by atoms with Crippen molar-refractivity contribution in [3.05, 3.63) is 0 Å². The summed E-state index contributed by atoms with van der Waals surface area (Å²) < 4.78 is 15.3. The SMILES string of the molecule is COCOC[C@H]1CCC[C@@H](COCC(=O)O)C1. The van der Waals surface area contributed by atoms with Gasteiger partial charge in [-0.25, -0.2) is 4.79 Å². The van der Waals surface area contributed by atoms with Gasteiger partial charge in [-0.05, 0) is 31.1 Å². The second-order valence-electron chi connectivity index (χ2n) is 4.58. The fourth-order valence-electron chi connectivity index (χ4n) is 2.32. The monoisotopic (exact) mass is 246 g/mol. The maximum absolute atomic E-state index is 10.3. The number of methoxy groups -OCH3 is 1. The maximum Gasteiger partial charge on any atom is 0.329 e. The molecule has 0 amide bonds. The molecule has 0 saturated heterocycles. The molecule has 0 bridgehead atoms. The van der Waals surface area contributed by atoms with Crippen molar-refractivity contribution in [3.8, 4) is 0 Å². The summed E-state index contributed by atoms with van der Waals surface area (Å²) in [4.78, 5) is 10.3. The smallest absolute Gasteiger partial charge is 0.329 e. The molecule has 5 nitrogen and oxygen atoms in total. The summed E-state index contributed by atoms with van der Waals surface area (Å²) in [5, 5.41) is 8.48. The number of ether oxygens (including phenoxy) is 3. The minimum atomic E-state index is -0.902. The van der Waals surface area contributed by atoms with Crippen molar-refractivity contribution in [2.75, 3.05) is 33.7 Å². The van der Waals surface area contributed by atoms with Gasteiger partial charge in [0.15, 0.2) is 0 Å². The van der Waals surface area contributed by atoms with E-state index in [2.05, 4.69) is 0 Å². The predicted octanol–water partition coefficient (Wildman–Crippen LogP) is 1.51. The van der Waals surface area contributed by atoms with Crippen LogP contribution in [-0.2, 0) is 19.0 Å². The van der Waals surface area contributed by atoms with E-state index in [1.807, 2.05) is 0 Å². The lowest BCUT2D eigenvalue weighted by Gasteiger charge is -2.28. The number of carboxylic acid groups (broad SMARTS) is 1. The van der Waals surface area contributed by atoms with Crippen LogP contribution in [0.4, 0.5) is 0 Å². The summed E-state index contributed by atoms with van der Waals surface area (Å²) >= 11 is 0. The first-order valence-electron chi connectivity index (χ1n) is 6.08. The average molecular weight is 246 g/mol. The molecule has 100 valence electrons. The van der Waals surface area contributed by atoms with E-state index in [1.54, 1.807) is 7.11 Å². The molecule has 1 rings (SSSR count). The van der Waals surface area contributed by atoms with Crippen molar-refractivity contribution in [2.24, 2.45) is 11.8 Å². The van der Waals surface area contributed by atoms with Crippen LogP contribution in [0.25, 0.3) is 0 Å². The van der Waals surface area contributed by atoms with Crippen molar-refractivity contribution in [1.82, 2.24) is 0 Å². The zero-order valence-electron chi connectivity index (χ0n) is 10.4. The van der Waals surface area contributed by atoms with Gasteiger partial charge < -0.3 is 19.3 Å². The number of rotatable bonds is 8. The van der Waals surface area contributed by atoms with Gasteiger partial charge in [0, 0.05) is 7.11 Å². The third kappa shape index (κ3) is 6.61. The number of hydrogen-bond acceptors (Lipinski definition) is 4. The second kappa shape index (κ2) is 8.44. The molecule has 0 aromatic heterocycles. The third-order valence-electron chi connectivity index (χ3n) is 3.03. The Hall–Kier alpha value is -0.650. The highest BCUT2D eigenvalue weighted by Gasteiger charge is 2.22. The molecular formula is C12H22O5. The molecular weight excluding hydrogens is 224 g/mol. The number of aliphatic carboxylic acids is 1. The Balaban J connectivity index is 2.12. The van der Waals surface area contributed by atoms with Crippen molar-refractivity contribution >= 4 is 5.97 Å². The summed E-state index contributed by atoms with van der Waals surface area (Å²) in [6.45, 7) is 1.42. The van der Waals surface area contributed by atoms with Gasteiger partial charge in [-0.1, -0.05) is 6.42 Å². The van der Waals surface area contributed by atoms with Gasteiger partial charge >= 0.3 is 5.97 Å². The predicted molar refractivity (Wildman–Crippen MR) is 61.7 cm³/mol. The minimum Gasteiger partial charge on any atom is -0.480 e. The molecule has 0 heterocycles. The van der Waals surface area contributed by atoms with Gasteiger partial charge in [0.2, 0.25) is 0 Å². The van der Waals surface area contributed by atoms with Crippen molar-refractivity contribution in [2.45, 2.75) is 25.7 Å². The lowest BCUT2D eigenvalue weighted by atomic mass is 9.82. The van der Waals surface area contributed by atoms with Gasteiger partial charge in [-0.15, -0.1) is 0 Å². The van der Waals surface area contributed by atoms with Gasteiger partial charge in [0.1, 0.15) is 13.4 Å². The van der Waals surface area contributed by atoms with Crippen LogP contribution >= 0.6 is 0 Å². The van der Waals surface area contributed by atoms with E-state index >= 15 is 0 Å². The Morgan fingerprint density at radius 2 is 1.88 bits per heavy atom. The van der Waals surface area contributed by atoms with E-state index < -0.39 is 5.97 Å². The highest BCUT2D eigenvalue weighted by Crippen LogP contribution is 2.29. The molecule has 1 fully saturated rings. The molecule has 5 heteroatoms. The number of carbonyl (C=O) groups is 1. The molecule has 0 aromatic carbocycles. The third-order valence-corrected chi connectivity index (χ3v) is 3.03. The zero-order chi connectivity index (χ0) is 12.5. The molecule has 0 spiro atoms. The zero-order valence-corrected chi connectivity index (χ0v) is 10.4. The minimum absolute atomic E-state index is 0.193. The second-order valence-corrected chi connectivity index (χ2v) is 4.58. The molecule has 2 atom stereocenters. The molecule has 0 aromatic rings. The van der Waals surface area contributed by atoms with Gasteiger partial charge in [-0.3, -0.25) is 0 Å². The molecule has 0 aliphatic heterocycles. The van der Waals surface area contributed by atoms with Crippen LogP contribution in [0.2, 0.25) is 0 Å². The lowest BCUT2D eigenvalue weighted by Crippen LogP contribution is -2.24. The number of carboxylic acids is 1. The van der Waals surface area contributed by atoms with Crippen molar-refractivity contribution in [1.29, 1.82) is 0 Å². The molecule has 1 aliphatic rings. The van der Waals surface area contributed by atoms with Crippen LogP contribution < -0.4 is 0 Å². The molecule has 0 radical (unpaired) electrons. The van der Waals surface area contributed by atoms with Crippen LogP contribution in [0, 0.1) is 11.8 Å². The first-order valence-corrected chi connectivity index (χ1v) is 6.08. The summed E-state index contributed by atoms with van der Waals surface area (Å²) in [5.74, 6) is 0.123. The summed E-state index contributed by atoms with van der Waals surface area (Å²) in [5.41, 5.74) is 0. The van der Waals surface area contributed by atoms with Crippen LogP contribution in [0.3, 0.4) is 0 Å². The van der Waals surface area contributed by atoms with Crippen LogP contribution in [-0.4, -0.2) is 44.8 Å². The Morgan fingerprint density at radius 3 is 2.47 bits per heavy atom. The molecule has 17 heavy (non-hydrogen) atoms. The molecule has 0 unspecified atom stereocenters. The fraction of sp³-hybridized carbons (Fsp3) is 0.917. The first-order chi connectivity index (χ1) is 8.22. The summed E-state index contributed by atoms with van der Waals surface area (Å²) in [6.07, 6.45) is 4.53. The normalized spacial score (nSPS) is 24.8. The first kappa shape index (κ1) is 14.4. The Labute approximate surface area is 102 Å². The van der Waals surface area contributed by atoms with E-state index in [-0.39, 0.29) is 6.61 Å². The Kier molecular flexibility index (Phi) is 7.16. The van der Waals surface area contributed by atoms with Crippen molar-refractivity contribution < 1.29 is 24.1 Å². The van der Waals surface area contributed by atoms with Gasteiger partial charge in [0.05, 0.1) is 13.2 Å². The van der Waals surface area contributed by atoms with E-state index in [0.717, 1.165) is 19.4 Å². The van der Waals surface area contributed by atoms with E-state index in [4.69, 9.17) is 19.3 Å². The van der Waals surface area contributed by atoms with Gasteiger partial charge in [0.25, 0.3) is 0 Å². The fourth-order valence-corrected chi connectivity index (χ4v) is 2.32. The molecule has 1 saturated carbocycles. The Morgan fingerprint density at radius 1 is 1.24 bits per heavy atom. The quantitative estimate of drug-likeness (QED) is 0.519. The van der Waals surface area contributed by atoms with E-state index in [1.165, 1.54) is 12.8 Å². The van der Waals surface area contributed by atoms with Crippen molar-refractivity contribution in [3.63, 3.8) is 0 Å². The van der Waals surface area contributed by atoms with E-state index in [9.17, 15) is 4.79 Å². The van der Waals surface area contributed by atoms with E-state index in [0.29, 0.717) is 25.2 Å². The standard InChI is InChI=1S/C12H22O5/c1-15-9-17-7-11-4-2-3-10(5-11)6-16-8-12(13)14/h10-11H,2-9H2,1H3,(H,13,14)/t10-,11+/m1/s1. The van der Waals surface area contributed by atoms with Crippen LogP contribution in [0.1, 0.15) is 25.7 Å². The highest BCUT2D eigenvalue weighted by atomic mass is 16.7. The van der Waals surface area contributed by atoms with Gasteiger partial charge in [-0.2, -0.15) is 0 Å². The lowest BCUT2D eigenvalue weighted by molar-refractivity contribution is -0.142. The topological polar surface area (TPSA) is 65.0 Å². The highest BCUT2D eigenvalue weighted by molar-refractivity contribution is 5.67. The summed E-state index contributed by atoms with van der Waals surface area (Å²) in [6, 6.07) is 0. The molecule has 1 aliphatic carbocycles. The van der Waals surface area contributed by atoms with Crippen LogP contribution in [0.5, 0.6) is 0 Å².